The van der Waals surface area contributed by atoms with Crippen molar-refractivity contribution in [2.75, 3.05) is 0 Å². The molecule has 0 spiro atoms. The molecule has 2 heteroatoms. The van der Waals surface area contributed by atoms with Crippen LogP contribution < -0.4 is 0 Å². The second-order valence-corrected chi connectivity index (χ2v) is 3.33. The molecular weight excluding hydrogens is 128 g/mol. The van der Waals surface area contributed by atoms with Crippen LogP contribution in [0.25, 0.3) is 0 Å². The van der Waals surface area contributed by atoms with Crippen molar-refractivity contribution in [2.45, 2.75) is 25.9 Å². The summed E-state index contributed by atoms with van der Waals surface area (Å²) in [6.07, 6.45) is 2.50. The largest absolute Gasteiger partial charge is 0.491 e. The van der Waals surface area contributed by atoms with Gasteiger partial charge < -0.3 is 4.74 Å². The van der Waals surface area contributed by atoms with Crippen LogP contribution in [0.4, 0.5) is 0 Å². The van der Waals surface area contributed by atoms with Crippen LogP contribution in [0.2, 0.25) is 0 Å². The molecule has 1 aliphatic carbocycles. The number of hydrogen-bond acceptors (Lipinski definition) is 2. The molecule has 0 radical (unpaired) electrons. The number of ether oxygens (including phenoxy) is 1. The number of fused-ring (bicyclic) bond motifs is 1. The molecular formula is C8H10O2. The normalized spacial score (nSPS) is 43.6. The molecule has 0 N–H and O–H groups in total. The van der Waals surface area contributed by atoms with Gasteiger partial charge in [-0.25, -0.2) is 0 Å². The second kappa shape index (κ2) is 1.44. The Bertz CT molecular complexity index is 229. The van der Waals surface area contributed by atoms with Gasteiger partial charge in [0.1, 0.15) is 5.60 Å². The molecule has 1 heterocycles. The highest BCUT2D eigenvalue weighted by Gasteiger charge is 2.58. The zero-order chi connectivity index (χ0) is 7.35. The zero-order valence-corrected chi connectivity index (χ0v) is 6.18. The minimum Gasteiger partial charge on any atom is -0.491 e. The number of ketones is 1. The highest BCUT2D eigenvalue weighted by atomic mass is 16.5. The summed E-state index contributed by atoms with van der Waals surface area (Å²) in [5.41, 5.74) is -0.129. The maximum atomic E-state index is 11.1. The van der Waals surface area contributed by atoms with Crippen LogP contribution in [0.5, 0.6) is 0 Å². The van der Waals surface area contributed by atoms with Gasteiger partial charge in [-0.05, 0) is 13.8 Å². The van der Waals surface area contributed by atoms with Gasteiger partial charge in [0, 0.05) is 12.5 Å². The van der Waals surface area contributed by atoms with Gasteiger partial charge in [-0.3, -0.25) is 4.79 Å². The molecule has 0 saturated heterocycles. The molecule has 2 unspecified atom stereocenters. The van der Waals surface area contributed by atoms with Crippen LogP contribution >= 0.6 is 0 Å². The van der Waals surface area contributed by atoms with Gasteiger partial charge in [-0.1, -0.05) is 0 Å². The topological polar surface area (TPSA) is 26.3 Å². The summed E-state index contributed by atoms with van der Waals surface area (Å²) in [6.45, 7) is 3.82. The van der Waals surface area contributed by atoms with E-state index in [1.807, 2.05) is 13.8 Å². The SMILES string of the molecule is CC1=CC(=O)C2CC2(C)O1. The van der Waals surface area contributed by atoms with E-state index in [0.717, 1.165) is 12.2 Å². The van der Waals surface area contributed by atoms with E-state index in [1.54, 1.807) is 6.08 Å². The fourth-order valence-electron chi connectivity index (χ4n) is 1.56. The van der Waals surface area contributed by atoms with E-state index in [-0.39, 0.29) is 17.3 Å². The summed E-state index contributed by atoms with van der Waals surface area (Å²) in [7, 11) is 0. The molecule has 1 aliphatic heterocycles. The monoisotopic (exact) mass is 138 g/mol. The molecule has 0 bridgehead atoms. The molecule has 10 heavy (non-hydrogen) atoms. The van der Waals surface area contributed by atoms with Gasteiger partial charge in [0.05, 0.1) is 11.7 Å². The van der Waals surface area contributed by atoms with Crippen LogP contribution in [0.15, 0.2) is 11.8 Å². The Balaban J connectivity index is 2.31. The first kappa shape index (κ1) is 5.96. The van der Waals surface area contributed by atoms with Crippen LogP contribution in [0.1, 0.15) is 20.3 Å². The lowest BCUT2D eigenvalue weighted by molar-refractivity contribution is -0.118. The number of rotatable bonds is 0. The Kier molecular flexibility index (Phi) is 0.858. The lowest BCUT2D eigenvalue weighted by atomic mass is 10.1. The maximum absolute atomic E-state index is 11.1. The van der Waals surface area contributed by atoms with E-state index < -0.39 is 0 Å². The van der Waals surface area contributed by atoms with Gasteiger partial charge in [0.25, 0.3) is 0 Å². The third-order valence-corrected chi connectivity index (χ3v) is 2.27. The predicted molar refractivity (Wildman–Crippen MR) is 36.4 cm³/mol. The first-order valence-electron chi connectivity index (χ1n) is 3.53. The third kappa shape index (κ3) is 0.618. The number of allylic oxidation sites excluding steroid dienone is 2. The Morgan fingerprint density at radius 3 is 3.10 bits per heavy atom. The Morgan fingerprint density at radius 1 is 1.80 bits per heavy atom. The van der Waals surface area contributed by atoms with Gasteiger partial charge in [-0.15, -0.1) is 0 Å². The fourth-order valence-corrected chi connectivity index (χ4v) is 1.56. The first-order chi connectivity index (χ1) is 4.62. The number of hydrogen-bond donors (Lipinski definition) is 0. The minimum absolute atomic E-state index is 0.129. The van der Waals surface area contributed by atoms with Crippen LogP contribution in [-0.4, -0.2) is 11.4 Å². The van der Waals surface area contributed by atoms with Crippen molar-refractivity contribution in [3.8, 4) is 0 Å². The molecule has 54 valence electrons. The van der Waals surface area contributed by atoms with E-state index in [4.69, 9.17) is 4.74 Å². The lowest BCUT2D eigenvalue weighted by Gasteiger charge is -2.18. The number of carbonyl (C=O) groups is 1. The van der Waals surface area contributed by atoms with E-state index in [9.17, 15) is 4.79 Å². The molecule has 1 fully saturated rings. The number of carbonyl (C=O) groups excluding carboxylic acids is 1. The molecule has 2 nitrogen and oxygen atoms in total. The first-order valence-corrected chi connectivity index (χ1v) is 3.53. The highest BCUT2D eigenvalue weighted by Crippen LogP contribution is 2.50. The van der Waals surface area contributed by atoms with Crippen molar-refractivity contribution >= 4 is 5.78 Å². The van der Waals surface area contributed by atoms with Gasteiger partial charge in [0.2, 0.25) is 0 Å². The molecule has 2 atom stereocenters. The second-order valence-electron chi connectivity index (χ2n) is 3.33. The molecule has 0 aromatic heterocycles. The summed E-state index contributed by atoms with van der Waals surface area (Å²) in [4.78, 5) is 11.1. The molecule has 2 rings (SSSR count). The molecule has 2 aliphatic rings. The standard InChI is InChI=1S/C8H10O2/c1-5-3-7(9)6-4-8(6,2)10-5/h3,6H,4H2,1-2H3. The van der Waals surface area contributed by atoms with Crippen LogP contribution in [0.3, 0.4) is 0 Å². The predicted octanol–water partition coefficient (Wildman–Crippen LogP) is 1.27. The Morgan fingerprint density at radius 2 is 2.50 bits per heavy atom. The maximum Gasteiger partial charge on any atom is 0.166 e. The Labute approximate surface area is 59.9 Å². The van der Waals surface area contributed by atoms with Crippen LogP contribution in [-0.2, 0) is 9.53 Å². The van der Waals surface area contributed by atoms with E-state index in [1.165, 1.54) is 0 Å². The van der Waals surface area contributed by atoms with Gasteiger partial charge in [0.15, 0.2) is 5.78 Å². The van der Waals surface area contributed by atoms with Crippen molar-refractivity contribution < 1.29 is 9.53 Å². The van der Waals surface area contributed by atoms with Crippen LogP contribution in [0, 0.1) is 5.92 Å². The average molecular weight is 138 g/mol. The Hall–Kier alpha value is -0.790. The van der Waals surface area contributed by atoms with Crippen molar-refractivity contribution in [1.29, 1.82) is 0 Å². The van der Waals surface area contributed by atoms with Crippen molar-refractivity contribution in [3.05, 3.63) is 11.8 Å². The van der Waals surface area contributed by atoms with Crippen molar-refractivity contribution in [2.24, 2.45) is 5.92 Å². The van der Waals surface area contributed by atoms with Crippen molar-refractivity contribution in [1.82, 2.24) is 0 Å². The van der Waals surface area contributed by atoms with Crippen molar-refractivity contribution in [3.63, 3.8) is 0 Å². The molecule has 0 amide bonds. The lowest BCUT2D eigenvalue weighted by Crippen LogP contribution is -2.20. The van der Waals surface area contributed by atoms with Gasteiger partial charge in [-0.2, -0.15) is 0 Å². The summed E-state index contributed by atoms with van der Waals surface area (Å²) in [5, 5.41) is 0. The molecule has 0 aromatic carbocycles. The molecule has 0 aromatic rings. The quantitative estimate of drug-likeness (QED) is 0.504. The van der Waals surface area contributed by atoms with E-state index >= 15 is 0 Å². The fraction of sp³-hybridized carbons (Fsp3) is 0.625. The molecule has 1 saturated carbocycles. The van der Waals surface area contributed by atoms with E-state index in [0.29, 0.717) is 0 Å². The summed E-state index contributed by atoms with van der Waals surface area (Å²) < 4.78 is 5.46. The van der Waals surface area contributed by atoms with Gasteiger partial charge >= 0.3 is 0 Å². The zero-order valence-electron chi connectivity index (χ0n) is 6.18. The smallest absolute Gasteiger partial charge is 0.166 e. The summed E-state index contributed by atoms with van der Waals surface area (Å²) in [5.74, 6) is 1.17. The van der Waals surface area contributed by atoms with E-state index in [2.05, 4.69) is 0 Å². The third-order valence-electron chi connectivity index (χ3n) is 2.27. The minimum atomic E-state index is -0.129. The summed E-state index contributed by atoms with van der Waals surface area (Å²) >= 11 is 0. The highest BCUT2D eigenvalue weighted by molar-refractivity contribution is 5.96. The summed E-state index contributed by atoms with van der Waals surface area (Å²) in [6, 6.07) is 0. The average Bonchev–Trinajstić information content (AvgIpc) is 2.39.